The molecule has 6 nitrogen and oxygen atoms in total. The lowest BCUT2D eigenvalue weighted by Gasteiger charge is -2.23. The molecule has 0 saturated heterocycles. The first-order valence-electron chi connectivity index (χ1n) is 6.24. The van der Waals surface area contributed by atoms with Crippen molar-refractivity contribution in [1.82, 2.24) is 15.5 Å². The molecule has 0 fully saturated rings. The lowest BCUT2D eigenvalue weighted by Crippen LogP contribution is -2.37. The molecule has 0 unspecified atom stereocenters. The van der Waals surface area contributed by atoms with Gasteiger partial charge in [-0.1, -0.05) is 6.92 Å². The molecule has 1 amide bonds. The number of aromatic nitrogens is 2. The highest BCUT2D eigenvalue weighted by Crippen LogP contribution is 2.21. The third kappa shape index (κ3) is 3.41. The molecular weight excluding hydrogens is 242 g/mol. The van der Waals surface area contributed by atoms with E-state index in [-0.39, 0.29) is 12.5 Å². The van der Waals surface area contributed by atoms with Gasteiger partial charge in [-0.15, -0.1) is 5.10 Å². The van der Waals surface area contributed by atoms with Crippen LogP contribution in [0, 0.1) is 25.2 Å². The van der Waals surface area contributed by atoms with E-state index < -0.39 is 0 Å². The third-order valence-corrected chi connectivity index (χ3v) is 2.95. The van der Waals surface area contributed by atoms with E-state index in [2.05, 4.69) is 21.6 Å². The smallest absolute Gasteiger partial charge is 0.239 e. The van der Waals surface area contributed by atoms with Crippen LogP contribution in [0.5, 0.6) is 0 Å². The van der Waals surface area contributed by atoms with Crippen molar-refractivity contribution in [3.05, 3.63) is 16.8 Å². The molecule has 0 aliphatic rings. The van der Waals surface area contributed by atoms with Gasteiger partial charge in [-0.3, -0.25) is 4.79 Å². The maximum Gasteiger partial charge on any atom is 0.239 e. The van der Waals surface area contributed by atoms with Gasteiger partial charge in [-0.2, -0.15) is 10.4 Å². The summed E-state index contributed by atoms with van der Waals surface area (Å²) >= 11 is 0. The van der Waals surface area contributed by atoms with Gasteiger partial charge in [0.2, 0.25) is 5.91 Å². The fourth-order valence-electron chi connectivity index (χ4n) is 1.73. The van der Waals surface area contributed by atoms with Crippen molar-refractivity contribution in [2.24, 2.45) is 0 Å². The SMILES string of the molecule is CCCN(CC(=O)NC)c1nnc(C)c(C)c1C#N. The highest BCUT2D eigenvalue weighted by Gasteiger charge is 2.18. The first-order valence-corrected chi connectivity index (χ1v) is 6.24. The van der Waals surface area contributed by atoms with E-state index in [4.69, 9.17) is 0 Å². The number of carbonyl (C=O) groups excluding carboxylic acids is 1. The van der Waals surface area contributed by atoms with Gasteiger partial charge in [0, 0.05) is 13.6 Å². The molecule has 0 saturated carbocycles. The second kappa shape index (κ2) is 6.69. The lowest BCUT2D eigenvalue weighted by atomic mass is 10.1. The molecule has 0 aliphatic heterocycles. The normalized spacial score (nSPS) is 9.84. The minimum absolute atomic E-state index is 0.114. The van der Waals surface area contributed by atoms with Crippen LogP contribution in [0.3, 0.4) is 0 Å². The zero-order valence-electron chi connectivity index (χ0n) is 11.8. The lowest BCUT2D eigenvalue weighted by molar-refractivity contribution is -0.119. The van der Waals surface area contributed by atoms with Crippen LogP contribution >= 0.6 is 0 Å². The summed E-state index contributed by atoms with van der Waals surface area (Å²) in [7, 11) is 1.59. The topological polar surface area (TPSA) is 81.9 Å². The van der Waals surface area contributed by atoms with Crippen molar-refractivity contribution >= 4 is 11.7 Å². The molecule has 1 aromatic rings. The number of nitrogens with one attached hydrogen (secondary N) is 1. The van der Waals surface area contributed by atoms with Gasteiger partial charge in [0.25, 0.3) is 0 Å². The Kier molecular flexibility index (Phi) is 5.24. The van der Waals surface area contributed by atoms with Gasteiger partial charge in [0.15, 0.2) is 5.82 Å². The van der Waals surface area contributed by atoms with Crippen molar-refractivity contribution in [2.45, 2.75) is 27.2 Å². The molecule has 0 radical (unpaired) electrons. The van der Waals surface area contributed by atoms with Crippen LogP contribution in [0.15, 0.2) is 0 Å². The van der Waals surface area contributed by atoms with Gasteiger partial charge in [0.1, 0.15) is 11.6 Å². The predicted molar refractivity (Wildman–Crippen MR) is 72.8 cm³/mol. The number of hydrogen-bond acceptors (Lipinski definition) is 5. The largest absolute Gasteiger partial charge is 0.358 e. The highest BCUT2D eigenvalue weighted by molar-refractivity contribution is 5.81. The molecule has 6 heteroatoms. The first kappa shape index (κ1) is 14.9. The second-order valence-electron chi connectivity index (χ2n) is 4.32. The van der Waals surface area contributed by atoms with Gasteiger partial charge in [0.05, 0.1) is 12.2 Å². The van der Waals surface area contributed by atoms with Crippen LogP contribution in [0.25, 0.3) is 0 Å². The molecule has 0 atom stereocenters. The summed E-state index contributed by atoms with van der Waals surface area (Å²) in [5.74, 6) is 0.369. The molecule has 1 N–H and O–H groups in total. The van der Waals surface area contributed by atoms with Crippen LogP contribution in [0.1, 0.15) is 30.2 Å². The van der Waals surface area contributed by atoms with Crippen LogP contribution in [-0.4, -0.2) is 36.2 Å². The Balaban J connectivity index is 3.19. The van der Waals surface area contributed by atoms with Crippen molar-refractivity contribution in [1.29, 1.82) is 5.26 Å². The van der Waals surface area contributed by atoms with E-state index in [0.717, 1.165) is 17.7 Å². The first-order chi connectivity index (χ1) is 9.04. The summed E-state index contributed by atoms with van der Waals surface area (Å²) in [6, 6.07) is 2.16. The number of nitriles is 1. The number of nitrogens with zero attached hydrogens (tertiary/aromatic N) is 4. The Bertz CT molecular complexity index is 506. The molecule has 1 heterocycles. The maximum atomic E-state index is 11.5. The summed E-state index contributed by atoms with van der Waals surface area (Å²) in [6.45, 7) is 6.50. The monoisotopic (exact) mass is 261 g/mol. The Morgan fingerprint density at radius 1 is 1.42 bits per heavy atom. The Morgan fingerprint density at radius 2 is 2.11 bits per heavy atom. The summed E-state index contributed by atoms with van der Waals surface area (Å²) < 4.78 is 0. The summed E-state index contributed by atoms with van der Waals surface area (Å²) in [5, 5.41) is 20.0. The van der Waals surface area contributed by atoms with Gasteiger partial charge >= 0.3 is 0 Å². The average Bonchev–Trinajstić information content (AvgIpc) is 2.41. The second-order valence-corrected chi connectivity index (χ2v) is 4.32. The van der Waals surface area contributed by atoms with Crippen LogP contribution in [-0.2, 0) is 4.79 Å². The van der Waals surface area contributed by atoms with Gasteiger partial charge in [-0.05, 0) is 25.8 Å². The average molecular weight is 261 g/mol. The molecule has 1 aromatic heterocycles. The number of amides is 1. The predicted octanol–water partition coefficient (Wildman–Crippen LogP) is 0.928. The van der Waals surface area contributed by atoms with E-state index >= 15 is 0 Å². The quantitative estimate of drug-likeness (QED) is 0.852. The van der Waals surface area contributed by atoms with E-state index in [9.17, 15) is 10.1 Å². The standard InChI is InChI=1S/C13H19N5O/c1-5-6-18(8-12(19)15-4)13-11(7-14)9(2)10(3)16-17-13/h5-6,8H2,1-4H3,(H,15,19). The molecule has 19 heavy (non-hydrogen) atoms. The molecule has 1 rings (SSSR count). The Labute approximate surface area is 113 Å². The summed E-state index contributed by atoms with van der Waals surface area (Å²) in [5.41, 5.74) is 2.03. The number of carbonyl (C=O) groups is 1. The molecule has 0 aliphatic carbocycles. The highest BCUT2D eigenvalue weighted by atomic mass is 16.1. The molecule has 0 spiro atoms. The number of likely N-dealkylation sites (N-methyl/N-ethyl adjacent to an activating group) is 1. The number of anilines is 1. The number of aryl methyl sites for hydroxylation is 1. The van der Waals surface area contributed by atoms with E-state index in [1.54, 1.807) is 11.9 Å². The number of hydrogen-bond donors (Lipinski definition) is 1. The minimum Gasteiger partial charge on any atom is -0.358 e. The van der Waals surface area contributed by atoms with Gasteiger partial charge < -0.3 is 10.2 Å². The zero-order valence-corrected chi connectivity index (χ0v) is 11.8. The van der Waals surface area contributed by atoms with E-state index in [1.165, 1.54) is 0 Å². The Morgan fingerprint density at radius 3 is 2.63 bits per heavy atom. The number of rotatable bonds is 5. The van der Waals surface area contributed by atoms with Crippen LogP contribution < -0.4 is 10.2 Å². The van der Waals surface area contributed by atoms with Crippen LogP contribution in [0.2, 0.25) is 0 Å². The van der Waals surface area contributed by atoms with E-state index in [0.29, 0.717) is 17.9 Å². The molecule has 0 bridgehead atoms. The molecule has 0 aromatic carbocycles. The molecular formula is C13H19N5O. The Hall–Kier alpha value is -2.16. The fraction of sp³-hybridized carbons (Fsp3) is 0.538. The fourth-order valence-corrected chi connectivity index (χ4v) is 1.73. The van der Waals surface area contributed by atoms with Crippen molar-refractivity contribution < 1.29 is 4.79 Å². The summed E-state index contributed by atoms with van der Waals surface area (Å²) in [6.07, 6.45) is 0.858. The summed E-state index contributed by atoms with van der Waals surface area (Å²) in [4.78, 5) is 13.3. The van der Waals surface area contributed by atoms with Crippen LogP contribution in [0.4, 0.5) is 5.82 Å². The van der Waals surface area contributed by atoms with E-state index in [1.807, 2.05) is 20.8 Å². The molecule has 102 valence electrons. The van der Waals surface area contributed by atoms with Crippen molar-refractivity contribution in [2.75, 3.05) is 25.0 Å². The van der Waals surface area contributed by atoms with Crippen molar-refractivity contribution in [3.8, 4) is 6.07 Å². The van der Waals surface area contributed by atoms with Crippen molar-refractivity contribution in [3.63, 3.8) is 0 Å². The minimum atomic E-state index is -0.114. The zero-order chi connectivity index (χ0) is 14.4. The maximum absolute atomic E-state index is 11.5. The third-order valence-electron chi connectivity index (χ3n) is 2.95. The van der Waals surface area contributed by atoms with Gasteiger partial charge in [-0.25, -0.2) is 0 Å².